The summed E-state index contributed by atoms with van der Waals surface area (Å²) in [6.07, 6.45) is 2.24. The molecular formula is C14H28IN3O2. The van der Waals surface area contributed by atoms with Crippen LogP contribution in [0.15, 0.2) is 4.99 Å². The van der Waals surface area contributed by atoms with E-state index in [4.69, 9.17) is 4.74 Å². The molecule has 0 amide bonds. The van der Waals surface area contributed by atoms with Crippen LogP contribution in [0.5, 0.6) is 0 Å². The molecule has 0 aliphatic carbocycles. The van der Waals surface area contributed by atoms with Crippen molar-refractivity contribution in [2.24, 2.45) is 16.8 Å². The number of ether oxygens (including phenoxy) is 1. The Hall–Kier alpha value is -0.530. The number of methoxy groups -OCH3 is 1. The first-order valence-corrected chi connectivity index (χ1v) is 7.25. The second-order valence-electron chi connectivity index (χ2n) is 5.10. The number of halogens is 1. The lowest BCUT2D eigenvalue weighted by atomic mass is 9.99. The summed E-state index contributed by atoms with van der Waals surface area (Å²) in [6.45, 7) is 9.56. The molecule has 0 radical (unpaired) electrons. The Morgan fingerprint density at radius 1 is 1.40 bits per heavy atom. The van der Waals surface area contributed by atoms with Crippen LogP contribution >= 0.6 is 24.0 Å². The Kier molecular flexibility index (Phi) is 9.96. The average molecular weight is 397 g/mol. The third-order valence-electron chi connectivity index (χ3n) is 3.52. The van der Waals surface area contributed by atoms with E-state index in [1.54, 1.807) is 0 Å². The molecule has 0 aromatic carbocycles. The van der Waals surface area contributed by atoms with E-state index in [1.165, 1.54) is 7.11 Å². The van der Waals surface area contributed by atoms with Crippen molar-refractivity contribution < 1.29 is 9.53 Å². The molecule has 6 heteroatoms. The SMILES string of the molecule is CCCCN=C(NCC)N1CC(C)C(C(=O)OC)C1.I. The first kappa shape index (κ1) is 19.5. The van der Waals surface area contributed by atoms with Crippen LogP contribution in [0.1, 0.15) is 33.6 Å². The van der Waals surface area contributed by atoms with Gasteiger partial charge in [0.15, 0.2) is 5.96 Å². The Morgan fingerprint density at radius 3 is 2.65 bits per heavy atom. The molecule has 20 heavy (non-hydrogen) atoms. The number of hydrogen-bond donors (Lipinski definition) is 1. The minimum Gasteiger partial charge on any atom is -0.469 e. The van der Waals surface area contributed by atoms with Gasteiger partial charge in [-0.3, -0.25) is 9.79 Å². The molecule has 1 aliphatic heterocycles. The number of hydrogen-bond acceptors (Lipinski definition) is 3. The van der Waals surface area contributed by atoms with E-state index in [9.17, 15) is 4.79 Å². The number of nitrogens with zero attached hydrogens (tertiary/aromatic N) is 2. The van der Waals surface area contributed by atoms with E-state index >= 15 is 0 Å². The lowest BCUT2D eigenvalue weighted by Gasteiger charge is -2.21. The zero-order valence-electron chi connectivity index (χ0n) is 13.0. The number of aliphatic imine (C=N–C) groups is 1. The van der Waals surface area contributed by atoms with Crippen molar-refractivity contribution in [3.8, 4) is 0 Å². The molecule has 1 aliphatic rings. The number of esters is 1. The number of rotatable bonds is 5. The summed E-state index contributed by atoms with van der Waals surface area (Å²) in [7, 11) is 1.46. The lowest BCUT2D eigenvalue weighted by Crippen LogP contribution is -2.40. The van der Waals surface area contributed by atoms with Gasteiger partial charge in [0.2, 0.25) is 0 Å². The molecule has 0 saturated carbocycles. The Bertz CT molecular complexity index is 324. The van der Waals surface area contributed by atoms with Gasteiger partial charge in [-0.05, 0) is 19.3 Å². The van der Waals surface area contributed by atoms with Gasteiger partial charge in [0.25, 0.3) is 0 Å². The maximum Gasteiger partial charge on any atom is 0.310 e. The normalized spacial score (nSPS) is 22.4. The van der Waals surface area contributed by atoms with Gasteiger partial charge in [-0.25, -0.2) is 0 Å². The maximum absolute atomic E-state index is 11.7. The topological polar surface area (TPSA) is 53.9 Å². The number of carbonyl (C=O) groups excluding carboxylic acids is 1. The molecule has 1 rings (SSSR count). The van der Waals surface area contributed by atoms with E-state index in [0.29, 0.717) is 12.5 Å². The summed E-state index contributed by atoms with van der Waals surface area (Å²) in [4.78, 5) is 18.5. The molecule has 0 aromatic rings. The van der Waals surface area contributed by atoms with Crippen molar-refractivity contribution in [1.29, 1.82) is 0 Å². The number of likely N-dealkylation sites (tertiary alicyclic amines) is 1. The summed E-state index contributed by atoms with van der Waals surface area (Å²) >= 11 is 0. The van der Waals surface area contributed by atoms with Crippen LogP contribution in [0.2, 0.25) is 0 Å². The van der Waals surface area contributed by atoms with Crippen molar-refractivity contribution in [2.45, 2.75) is 33.6 Å². The van der Waals surface area contributed by atoms with Crippen LogP contribution in [0.25, 0.3) is 0 Å². The van der Waals surface area contributed by atoms with Crippen LogP contribution in [0.3, 0.4) is 0 Å². The van der Waals surface area contributed by atoms with Crippen molar-refractivity contribution in [2.75, 3.05) is 33.3 Å². The predicted molar refractivity (Wildman–Crippen MR) is 92.5 cm³/mol. The largest absolute Gasteiger partial charge is 0.469 e. The maximum atomic E-state index is 11.7. The Labute approximate surface area is 139 Å². The summed E-state index contributed by atoms with van der Waals surface area (Å²) < 4.78 is 4.87. The molecular weight excluding hydrogens is 369 g/mol. The van der Waals surface area contributed by atoms with Crippen molar-refractivity contribution in [3.05, 3.63) is 0 Å². The van der Waals surface area contributed by atoms with E-state index < -0.39 is 0 Å². The molecule has 2 atom stereocenters. The van der Waals surface area contributed by atoms with Crippen molar-refractivity contribution in [1.82, 2.24) is 10.2 Å². The molecule has 0 aromatic heterocycles. The van der Waals surface area contributed by atoms with Crippen molar-refractivity contribution >= 4 is 35.9 Å². The van der Waals surface area contributed by atoms with Gasteiger partial charge in [0.05, 0.1) is 13.0 Å². The second kappa shape index (κ2) is 10.2. The van der Waals surface area contributed by atoms with E-state index in [2.05, 4.69) is 36.0 Å². The van der Waals surface area contributed by atoms with Crippen LogP contribution < -0.4 is 5.32 Å². The van der Waals surface area contributed by atoms with Gasteiger partial charge >= 0.3 is 5.97 Å². The molecule has 0 bridgehead atoms. The van der Waals surface area contributed by atoms with Gasteiger partial charge in [-0.15, -0.1) is 24.0 Å². The highest BCUT2D eigenvalue weighted by Gasteiger charge is 2.36. The summed E-state index contributed by atoms with van der Waals surface area (Å²) in [5.41, 5.74) is 0. The lowest BCUT2D eigenvalue weighted by molar-refractivity contribution is -0.145. The third-order valence-corrected chi connectivity index (χ3v) is 3.52. The number of nitrogens with one attached hydrogen (secondary N) is 1. The van der Waals surface area contributed by atoms with Gasteiger partial charge in [0, 0.05) is 26.2 Å². The van der Waals surface area contributed by atoms with Crippen LogP contribution in [-0.2, 0) is 9.53 Å². The number of carbonyl (C=O) groups is 1. The molecule has 1 fully saturated rings. The number of unbranched alkanes of at least 4 members (excludes halogenated alkanes) is 1. The fourth-order valence-corrected chi connectivity index (χ4v) is 2.37. The van der Waals surface area contributed by atoms with Gasteiger partial charge in [-0.2, -0.15) is 0 Å². The van der Waals surface area contributed by atoms with Crippen molar-refractivity contribution in [3.63, 3.8) is 0 Å². The first-order chi connectivity index (χ1) is 9.13. The van der Waals surface area contributed by atoms with E-state index in [1.807, 2.05) is 0 Å². The molecule has 0 spiro atoms. The summed E-state index contributed by atoms with van der Waals surface area (Å²) in [6, 6.07) is 0. The molecule has 1 saturated heterocycles. The van der Waals surface area contributed by atoms with Crippen LogP contribution in [0, 0.1) is 11.8 Å². The highest BCUT2D eigenvalue weighted by molar-refractivity contribution is 14.0. The fourth-order valence-electron chi connectivity index (χ4n) is 2.37. The zero-order valence-corrected chi connectivity index (χ0v) is 15.3. The number of guanidine groups is 1. The third kappa shape index (κ3) is 5.46. The molecule has 1 N–H and O–H groups in total. The molecule has 2 unspecified atom stereocenters. The average Bonchev–Trinajstić information content (AvgIpc) is 2.79. The summed E-state index contributed by atoms with van der Waals surface area (Å²) in [5, 5.41) is 3.31. The van der Waals surface area contributed by atoms with E-state index in [0.717, 1.165) is 38.4 Å². The quantitative estimate of drug-likeness (QED) is 0.254. The molecule has 118 valence electrons. The minimum atomic E-state index is -0.112. The van der Waals surface area contributed by atoms with Crippen LogP contribution in [0.4, 0.5) is 0 Å². The highest BCUT2D eigenvalue weighted by Crippen LogP contribution is 2.24. The molecule has 5 nitrogen and oxygen atoms in total. The molecule has 1 heterocycles. The standard InChI is InChI=1S/C14H27N3O2.HI/c1-5-7-8-16-14(15-6-2)17-9-11(3)12(10-17)13(18)19-4;/h11-12H,5-10H2,1-4H3,(H,15,16);1H. The van der Waals surface area contributed by atoms with Gasteiger partial charge < -0.3 is 15.0 Å². The first-order valence-electron chi connectivity index (χ1n) is 7.25. The monoisotopic (exact) mass is 397 g/mol. The van der Waals surface area contributed by atoms with E-state index in [-0.39, 0.29) is 35.9 Å². The minimum absolute atomic E-state index is 0. The Balaban J connectivity index is 0.00000361. The van der Waals surface area contributed by atoms with Gasteiger partial charge in [-0.1, -0.05) is 20.3 Å². The summed E-state index contributed by atoms with van der Waals surface area (Å²) in [5.74, 6) is 1.08. The van der Waals surface area contributed by atoms with Gasteiger partial charge in [0.1, 0.15) is 0 Å². The zero-order chi connectivity index (χ0) is 14.3. The second-order valence-corrected chi connectivity index (χ2v) is 5.10. The predicted octanol–water partition coefficient (Wildman–Crippen LogP) is 2.11. The highest BCUT2D eigenvalue weighted by atomic mass is 127. The Morgan fingerprint density at radius 2 is 2.10 bits per heavy atom. The fraction of sp³-hybridized carbons (Fsp3) is 0.857. The smallest absolute Gasteiger partial charge is 0.310 e. The van der Waals surface area contributed by atoms with Crippen LogP contribution in [-0.4, -0.2) is 50.1 Å².